The molecule has 0 radical (unpaired) electrons. The lowest BCUT2D eigenvalue weighted by atomic mass is 9.82. The molecule has 1 unspecified atom stereocenters. The number of nitrogens with two attached hydrogens (primary N) is 1. The average Bonchev–Trinajstić information content (AvgIpc) is 2.50. The van der Waals surface area contributed by atoms with Crippen LogP contribution in [0.5, 0.6) is 0 Å². The minimum absolute atomic E-state index is 0.690. The van der Waals surface area contributed by atoms with Gasteiger partial charge in [-0.25, -0.2) is 0 Å². The molecule has 0 amide bonds. The summed E-state index contributed by atoms with van der Waals surface area (Å²) in [6.07, 6.45) is 1.53. The van der Waals surface area contributed by atoms with Crippen LogP contribution in [0.4, 0.5) is 0 Å². The lowest BCUT2D eigenvalue weighted by Crippen LogP contribution is -2.47. The molecule has 1 aromatic rings. The van der Waals surface area contributed by atoms with Gasteiger partial charge in [0.05, 0.1) is 11.9 Å². The van der Waals surface area contributed by atoms with Crippen molar-refractivity contribution < 1.29 is 9.90 Å². The Bertz CT molecular complexity index is 345. The Morgan fingerprint density at radius 2 is 2.29 bits per heavy atom. The van der Waals surface area contributed by atoms with Crippen molar-refractivity contribution in [2.75, 3.05) is 0 Å². The van der Waals surface area contributed by atoms with Crippen LogP contribution in [-0.4, -0.2) is 32.1 Å². The van der Waals surface area contributed by atoms with E-state index in [1.165, 1.54) is 10.9 Å². The molecule has 6 nitrogen and oxygen atoms in total. The number of rotatable bonds is 3. The molecule has 0 aliphatic carbocycles. The van der Waals surface area contributed by atoms with Crippen molar-refractivity contribution in [1.29, 1.82) is 0 Å². The van der Waals surface area contributed by atoms with Crippen molar-refractivity contribution in [1.82, 2.24) is 15.0 Å². The van der Waals surface area contributed by atoms with E-state index in [0.717, 1.165) is 0 Å². The zero-order valence-corrected chi connectivity index (χ0v) is 8.43. The maximum absolute atomic E-state index is 10.8. The molecule has 0 saturated heterocycles. The first-order chi connectivity index (χ1) is 6.37. The Hall–Kier alpha value is -1.43. The third-order valence-electron chi connectivity index (χ3n) is 2.42. The van der Waals surface area contributed by atoms with Crippen LogP contribution in [0.25, 0.3) is 0 Å². The van der Waals surface area contributed by atoms with Gasteiger partial charge in [0.25, 0.3) is 0 Å². The number of aromatic nitrogens is 3. The molecule has 6 heteroatoms. The van der Waals surface area contributed by atoms with E-state index >= 15 is 0 Å². The zero-order valence-electron chi connectivity index (χ0n) is 8.43. The lowest BCUT2D eigenvalue weighted by Gasteiger charge is -2.27. The number of aryl methyl sites for hydroxylation is 1. The molecule has 3 N–H and O–H groups in total. The highest BCUT2D eigenvalue weighted by molar-refractivity contribution is 5.75. The smallest absolute Gasteiger partial charge is 0.321 e. The number of hydrogen-bond acceptors (Lipinski definition) is 4. The molecule has 78 valence electrons. The number of carboxylic acids is 1. The third-order valence-corrected chi connectivity index (χ3v) is 2.42. The van der Waals surface area contributed by atoms with Gasteiger partial charge in [-0.05, 0) is 0 Å². The summed E-state index contributed by atoms with van der Waals surface area (Å²) in [5, 5.41) is 16.3. The van der Waals surface area contributed by atoms with Gasteiger partial charge in [-0.1, -0.05) is 19.1 Å². The second-order valence-electron chi connectivity index (χ2n) is 3.78. The van der Waals surface area contributed by atoms with Crippen molar-refractivity contribution in [3.63, 3.8) is 0 Å². The Labute approximate surface area is 81.7 Å². The molecule has 0 aliphatic rings. The van der Waals surface area contributed by atoms with Gasteiger partial charge in [-0.15, -0.1) is 5.10 Å². The van der Waals surface area contributed by atoms with E-state index in [1.54, 1.807) is 20.9 Å². The first kappa shape index (κ1) is 10.6. The largest absolute Gasteiger partial charge is 0.480 e. The summed E-state index contributed by atoms with van der Waals surface area (Å²) in [4.78, 5) is 10.8. The number of carbonyl (C=O) groups is 1. The van der Waals surface area contributed by atoms with Crippen molar-refractivity contribution >= 4 is 5.97 Å². The summed E-state index contributed by atoms with van der Waals surface area (Å²) < 4.78 is 1.53. The van der Waals surface area contributed by atoms with Crippen molar-refractivity contribution in [2.45, 2.75) is 25.3 Å². The number of carboxylic acid groups (broad SMARTS) is 1. The van der Waals surface area contributed by atoms with Crippen LogP contribution in [-0.2, 0) is 17.3 Å². The van der Waals surface area contributed by atoms with Gasteiger partial charge >= 0.3 is 5.97 Å². The van der Waals surface area contributed by atoms with Crippen LogP contribution in [0.15, 0.2) is 6.20 Å². The van der Waals surface area contributed by atoms with Crippen molar-refractivity contribution in [3.8, 4) is 0 Å². The third kappa shape index (κ3) is 1.60. The van der Waals surface area contributed by atoms with Crippen molar-refractivity contribution in [2.24, 2.45) is 12.8 Å². The molecule has 1 aromatic heterocycles. The standard InChI is InChI=1S/C8H14N4O2/c1-8(2,6(9)7(13)14)5-4-10-11-12(5)3/h4,6H,9H2,1-3H3,(H,13,14). The fourth-order valence-electron chi connectivity index (χ4n) is 1.34. The highest BCUT2D eigenvalue weighted by Gasteiger charge is 2.36. The molecular formula is C8H14N4O2. The summed E-state index contributed by atoms with van der Waals surface area (Å²) in [5.41, 5.74) is 5.60. The SMILES string of the molecule is Cn1nncc1C(C)(C)C(N)C(=O)O. The molecule has 14 heavy (non-hydrogen) atoms. The van der Waals surface area contributed by atoms with Gasteiger partial charge in [0.1, 0.15) is 6.04 Å². The molecule has 0 aliphatic heterocycles. The van der Waals surface area contributed by atoms with E-state index in [0.29, 0.717) is 5.69 Å². The first-order valence-electron chi connectivity index (χ1n) is 4.21. The molecule has 0 saturated carbocycles. The minimum Gasteiger partial charge on any atom is -0.480 e. The summed E-state index contributed by atoms with van der Waals surface area (Å²) >= 11 is 0. The molecule has 1 heterocycles. The minimum atomic E-state index is -1.03. The van der Waals surface area contributed by atoms with Gasteiger partial charge in [0, 0.05) is 12.5 Å². The first-order valence-corrected chi connectivity index (χ1v) is 4.21. The maximum atomic E-state index is 10.8. The predicted octanol–water partition coefficient (Wildman–Crippen LogP) is -0.495. The van der Waals surface area contributed by atoms with Gasteiger partial charge < -0.3 is 10.8 Å². The van der Waals surface area contributed by atoms with Gasteiger partial charge in [0.2, 0.25) is 0 Å². The fourth-order valence-corrected chi connectivity index (χ4v) is 1.34. The van der Waals surface area contributed by atoms with E-state index in [-0.39, 0.29) is 0 Å². The van der Waals surface area contributed by atoms with Gasteiger partial charge in [-0.3, -0.25) is 9.48 Å². The van der Waals surface area contributed by atoms with Crippen LogP contribution < -0.4 is 5.73 Å². The summed E-state index contributed by atoms with van der Waals surface area (Å²) in [5.74, 6) is -1.03. The van der Waals surface area contributed by atoms with E-state index in [2.05, 4.69) is 10.3 Å². The predicted molar refractivity (Wildman–Crippen MR) is 49.6 cm³/mol. The second kappa shape index (κ2) is 3.38. The van der Waals surface area contributed by atoms with Crippen LogP contribution in [0, 0.1) is 0 Å². The monoisotopic (exact) mass is 198 g/mol. The highest BCUT2D eigenvalue weighted by atomic mass is 16.4. The number of aliphatic carboxylic acids is 1. The van der Waals surface area contributed by atoms with E-state index in [4.69, 9.17) is 10.8 Å². The summed E-state index contributed by atoms with van der Waals surface area (Å²) in [6.45, 7) is 3.51. The Kier molecular flexibility index (Phi) is 2.57. The van der Waals surface area contributed by atoms with Gasteiger partial charge in [-0.2, -0.15) is 0 Å². The van der Waals surface area contributed by atoms with E-state index < -0.39 is 17.4 Å². The Morgan fingerprint density at radius 3 is 2.64 bits per heavy atom. The average molecular weight is 198 g/mol. The molecule has 1 rings (SSSR count). The van der Waals surface area contributed by atoms with E-state index in [1.807, 2.05) is 0 Å². The molecule has 0 aromatic carbocycles. The normalized spacial score (nSPS) is 14.0. The lowest BCUT2D eigenvalue weighted by molar-refractivity contribution is -0.140. The van der Waals surface area contributed by atoms with Gasteiger partial charge in [0.15, 0.2) is 0 Å². The second-order valence-corrected chi connectivity index (χ2v) is 3.78. The Morgan fingerprint density at radius 1 is 1.71 bits per heavy atom. The molecule has 0 fully saturated rings. The van der Waals surface area contributed by atoms with Crippen molar-refractivity contribution in [3.05, 3.63) is 11.9 Å². The van der Waals surface area contributed by atoms with Crippen LogP contribution in [0.3, 0.4) is 0 Å². The fraction of sp³-hybridized carbons (Fsp3) is 0.625. The quantitative estimate of drug-likeness (QED) is 0.683. The van der Waals surface area contributed by atoms with Crippen LogP contribution in [0.1, 0.15) is 19.5 Å². The number of nitrogens with zero attached hydrogens (tertiary/aromatic N) is 3. The zero-order chi connectivity index (χ0) is 10.9. The van der Waals surface area contributed by atoms with E-state index in [9.17, 15) is 4.79 Å². The molecular weight excluding hydrogens is 184 g/mol. The molecule has 0 bridgehead atoms. The number of hydrogen-bond donors (Lipinski definition) is 2. The molecule has 0 spiro atoms. The van der Waals surface area contributed by atoms with Crippen LogP contribution >= 0.6 is 0 Å². The Balaban J connectivity index is 3.07. The molecule has 1 atom stereocenters. The van der Waals surface area contributed by atoms with Crippen LogP contribution in [0.2, 0.25) is 0 Å². The maximum Gasteiger partial charge on any atom is 0.321 e. The summed E-state index contributed by atoms with van der Waals surface area (Å²) in [6, 6.07) is -0.973. The highest BCUT2D eigenvalue weighted by Crippen LogP contribution is 2.24. The topological polar surface area (TPSA) is 94.0 Å². The summed E-state index contributed by atoms with van der Waals surface area (Å²) in [7, 11) is 1.71.